The van der Waals surface area contributed by atoms with Crippen LogP contribution in [0.15, 0.2) is 0 Å². The molecule has 3 unspecified atom stereocenters. The molecule has 1 aliphatic rings. The highest BCUT2D eigenvalue weighted by Gasteiger charge is 2.26. The van der Waals surface area contributed by atoms with Crippen molar-refractivity contribution in [2.75, 3.05) is 13.1 Å². The average molecular weight is 240 g/mol. The Balaban J connectivity index is 2.23. The third-order valence-electron chi connectivity index (χ3n) is 4.08. The Labute approximate surface area is 108 Å². The fourth-order valence-corrected chi connectivity index (χ4v) is 2.89. The van der Waals surface area contributed by atoms with Crippen LogP contribution in [0.25, 0.3) is 0 Å². The van der Waals surface area contributed by atoms with Gasteiger partial charge in [0.15, 0.2) is 0 Å². The van der Waals surface area contributed by atoms with Gasteiger partial charge in [0, 0.05) is 24.7 Å². The number of piperidine rings is 1. The summed E-state index contributed by atoms with van der Waals surface area (Å²) >= 11 is 0. The molecule has 0 saturated carbocycles. The van der Waals surface area contributed by atoms with E-state index in [1.807, 2.05) is 0 Å². The van der Waals surface area contributed by atoms with E-state index in [2.05, 4.69) is 44.8 Å². The fraction of sp³-hybridized carbons (Fsp3) is 1.00. The van der Waals surface area contributed by atoms with Crippen LogP contribution in [0, 0.1) is 5.92 Å². The second-order valence-electron chi connectivity index (χ2n) is 6.33. The number of rotatable bonds is 6. The lowest BCUT2D eigenvalue weighted by molar-refractivity contribution is 0.0795. The SMILES string of the molecule is CC1CCC(C)N(C(C)CCCNC(C)C)C1. The molecule has 1 rings (SSSR count). The molecule has 1 saturated heterocycles. The van der Waals surface area contributed by atoms with Crippen LogP contribution < -0.4 is 5.32 Å². The molecule has 102 valence electrons. The molecule has 0 aromatic heterocycles. The summed E-state index contributed by atoms with van der Waals surface area (Å²) in [7, 11) is 0. The van der Waals surface area contributed by atoms with Gasteiger partial charge in [0.25, 0.3) is 0 Å². The van der Waals surface area contributed by atoms with Crippen LogP contribution in [0.2, 0.25) is 0 Å². The maximum Gasteiger partial charge on any atom is 0.00703 e. The highest BCUT2D eigenvalue weighted by atomic mass is 15.2. The van der Waals surface area contributed by atoms with E-state index < -0.39 is 0 Å². The molecule has 3 atom stereocenters. The van der Waals surface area contributed by atoms with Crippen molar-refractivity contribution in [3.8, 4) is 0 Å². The molecule has 2 heteroatoms. The van der Waals surface area contributed by atoms with Crippen LogP contribution in [0.3, 0.4) is 0 Å². The van der Waals surface area contributed by atoms with Gasteiger partial charge in [-0.05, 0) is 52.0 Å². The van der Waals surface area contributed by atoms with Crippen molar-refractivity contribution in [3.05, 3.63) is 0 Å². The molecule has 1 fully saturated rings. The number of nitrogens with one attached hydrogen (secondary N) is 1. The van der Waals surface area contributed by atoms with Gasteiger partial charge in [0.05, 0.1) is 0 Å². The van der Waals surface area contributed by atoms with Gasteiger partial charge in [0.1, 0.15) is 0 Å². The van der Waals surface area contributed by atoms with Crippen LogP contribution in [0.5, 0.6) is 0 Å². The zero-order chi connectivity index (χ0) is 12.8. The summed E-state index contributed by atoms with van der Waals surface area (Å²) in [4.78, 5) is 2.73. The first-order valence-corrected chi connectivity index (χ1v) is 7.49. The number of nitrogens with zero attached hydrogens (tertiary/aromatic N) is 1. The molecular formula is C15H32N2. The standard InChI is InChI=1S/C15H32N2/c1-12(2)16-10-6-7-14(4)17-11-13(3)8-9-15(17)5/h12-16H,6-11H2,1-5H3. The van der Waals surface area contributed by atoms with E-state index in [0.29, 0.717) is 6.04 Å². The molecule has 0 bridgehead atoms. The van der Waals surface area contributed by atoms with Crippen LogP contribution in [-0.4, -0.2) is 36.1 Å². The van der Waals surface area contributed by atoms with E-state index in [-0.39, 0.29) is 0 Å². The lowest BCUT2D eigenvalue weighted by atomic mass is 9.93. The van der Waals surface area contributed by atoms with Gasteiger partial charge in [-0.25, -0.2) is 0 Å². The normalized spacial score (nSPS) is 28.6. The Hall–Kier alpha value is -0.0800. The predicted molar refractivity (Wildman–Crippen MR) is 76.4 cm³/mol. The van der Waals surface area contributed by atoms with E-state index in [4.69, 9.17) is 0 Å². The Kier molecular flexibility index (Phi) is 6.50. The highest BCUT2D eigenvalue weighted by molar-refractivity contribution is 4.81. The van der Waals surface area contributed by atoms with Gasteiger partial charge >= 0.3 is 0 Å². The van der Waals surface area contributed by atoms with Gasteiger partial charge in [0.2, 0.25) is 0 Å². The van der Waals surface area contributed by atoms with Crippen molar-refractivity contribution in [1.29, 1.82) is 0 Å². The monoisotopic (exact) mass is 240 g/mol. The zero-order valence-corrected chi connectivity index (χ0v) is 12.5. The summed E-state index contributed by atoms with van der Waals surface area (Å²) in [5, 5.41) is 3.51. The molecule has 1 aliphatic heterocycles. The van der Waals surface area contributed by atoms with Crippen LogP contribution in [-0.2, 0) is 0 Å². The lowest BCUT2D eigenvalue weighted by Crippen LogP contribution is -2.46. The molecule has 0 aromatic carbocycles. The van der Waals surface area contributed by atoms with Crippen molar-refractivity contribution < 1.29 is 0 Å². The first-order valence-electron chi connectivity index (χ1n) is 7.49. The smallest absolute Gasteiger partial charge is 0.00703 e. The molecule has 0 radical (unpaired) electrons. The van der Waals surface area contributed by atoms with Gasteiger partial charge in [-0.2, -0.15) is 0 Å². The molecule has 0 spiro atoms. The summed E-state index contributed by atoms with van der Waals surface area (Å²) in [5.74, 6) is 0.891. The molecule has 0 amide bonds. The fourth-order valence-electron chi connectivity index (χ4n) is 2.89. The quantitative estimate of drug-likeness (QED) is 0.717. The Morgan fingerprint density at radius 2 is 1.88 bits per heavy atom. The van der Waals surface area contributed by atoms with Crippen molar-refractivity contribution in [2.45, 2.75) is 78.4 Å². The summed E-state index contributed by atoms with van der Waals surface area (Å²) in [6.07, 6.45) is 5.43. The van der Waals surface area contributed by atoms with Gasteiger partial charge < -0.3 is 5.32 Å². The topological polar surface area (TPSA) is 15.3 Å². The first-order chi connectivity index (χ1) is 8.00. The minimum Gasteiger partial charge on any atom is -0.315 e. The molecule has 1 N–H and O–H groups in total. The predicted octanol–water partition coefficient (Wildman–Crippen LogP) is 3.27. The van der Waals surface area contributed by atoms with Crippen LogP contribution >= 0.6 is 0 Å². The van der Waals surface area contributed by atoms with Crippen LogP contribution in [0.4, 0.5) is 0 Å². The Morgan fingerprint density at radius 3 is 2.53 bits per heavy atom. The van der Waals surface area contributed by atoms with E-state index >= 15 is 0 Å². The van der Waals surface area contributed by atoms with Crippen molar-refractivity contribution in [3.63, 3.8) is 0 Å². The minimum atomic E-state index is 0.624. The van der Waals surface area contributed by atoms with Gasteiger partial charge in [-0.3, -0.25) is 4.90 Å². The second kappa shape index (κ2) is 7.38. The third kappa shape index (κ3) is 5.39. The maximum atomic E-state index is 3.51. The van der Waals surface area contributed by atoms with E-state index in [1.165, 1.54) is 38.8 Å². The Bertz CT molecular complexity index is 203. The lowest BCUT2D eigenvalue weighted by Gasteiger charge is -2.41. The highest BCUT2D eigenvalue weighted by Crippen LogP contribution is 2.24. The van der Waals surface area contributed by atoms with Crippen molar-refractivity contribution in [1.82, 2.24) is 10.2 Å². The molecule has 0 aliphatic carbocycles. The summed E-state index contributed by atoms with van der Waals surface area (Å²) in [6, 6.07) is 2.17. The van der Waals surface area contributed by atoms with E-state index in [1.54, 1.807) is 0 Å². The number of likely N-dealkylation sites (tertiary alicyclic amines) is 1. The second-order valence-corrected chi connectivity index (χ2v) is 6.33. The molecular weight excluding hydrogens is 208 g/mol. The van der Waals surface area contributed by atoms with Crippen LogP contribution in [0.1, 0.15) is 60.3 Å². The third-order valence-corrected chi connectivity index (χ3v) is 4.08. The Morgan fingerprint density at radius 1 is 1.18 bits per heavy atom. The van der Waals surface area contributed by atoms with Gasteiger partial charge in [-0.15, -0.1) is 0 Å². The summed E-state index contributed by atoms with van der Waals surface area (Å²) < 4.78 is 0. The zero-order valence-electron chi connectivity index (χ0n) is 12.5. The molecule has 2 nitrogen and oxygen atoms in total. The number of hydrogen-bond acceptors (Lipinski definition) is 2. The largest absolute Gasteiger partial charge is 0.315 e. The maximum absolute atomic E-state index is 3.51. The number of hydrogen-bond donors (Lipinski definition) is 1. The van der Waals surface area contributed by atoms with Crippen molar-refractivity contribution in [2.24, 2.45) is 5.92 Å². The van der Waals surface area contributed by atoms with E-state index in [9.17, 15) is 0 Å². The molecule has 0 aromatic rings. The minimum absolute atomic E-state index is 0.624. The molecule has 17 heavy (non-hydrogen) atoms. The van der Waals surface area contributed by atoms with E-state index in [0.717, 1.165) is 18.0 Å². The summed E-state index contributed by atoms with van der Waals surface area (Å²) in [6.45, 7) is 14.1. The first kappa shape index (κ1) is 15.0. The average Bonchev–Trinajstić information content (AvgIpc) is 2.27. The molecule has 1 heterocycles. The van der Waals surface area contributed by atoms with Crippen molar-refractivity contribution >= 4 is 0 Å². The summed E-state index contributed by atoms with van der Waals surface area (Å²) in [5.41, 5.74) is 0. The van der Waals surface area contributed by atoms with Gasteiger partial charge in [-0.1, -0.05) is 20.8 Å².